The Balaban J connectivity index is 1.50. The Morgan fingerprint density at radius 2 is 1.93 bits per heavy atom. The second-order valence-corrected chi connectivity index (χ2v) is 8.51. The van der Waals surface area contributed by atoms with Crippen LogP contribution in [-0.2, 0) is 16.0 Å². The molecule has 2 saturated heterocycles. The van der Waals surface area contributed by atoms with E-state index < -0.39 is 5.82 Å². The van der Waals surface area contributed by atoms with Gasteiger partial charge >= 0.3 is 0 Å². The lowest BCUT2D eigenvalue weighted by atomic mass is 10.1. The van der Waals surface area contributed by atoms with E-state index in [4.69, 9.17) is 11.6 Å². The zero-order chi connectivity index (χ0) is 20.3. The van der Waals surface area contributed by atoms with Gasteiger partial charge in [0.05, 0.1) is 12.5 Å². The summed E-state index contributed by atoms with van der Waals surface area (Å²) in [6, 6.07) is 4.39. The lowest BCUT2D eigenvalue weighted by molar-refractivity contribution is -0.135. The van der Waals surface area contributed by atoms with Crippen LogP contribution in [0, 0.1) is 11.7 Å². The quantitative estimate of drug-likeness (QED) is 0.725. The summed E-state index contributed by atoms with van der Waals surface area (Å²) in [5.74, 6) is 0.239. The summed E-state index contributed by atoms with van der Waals surface area (Å²) < 4.78 is 13.9. The smallest absolute Gasteiger partial charge is 0.239 e. The van der Waals surface area contributed by atoms with Crippen molar-refractivity contribution in [1.82, 2.24) is 14.7 Å². The number of amides is 2. The minimum absolute atomic E-state index is 0.0309. The topological polar surface area (TPSA) is 43.9 Å². The number of nitrogens with zero attached hydrogens (tertiary/aromatic N) is 3. The Kier molecular flexibility index (Phi) is 6.94. The van der Waals surface area contributed by atoms with Crippen LogP contribution in [0.4, 0.5) is 4.39 Å². The molecule has 1 aromatic carbocycles. The number of carbonyl (C=O) groups excluding carboxylic acids is 2. The minimum atomic E-state index is -0.447. The molecule has 28 heavy (non-hydrogen) atoms. The van der Waals surface area contributed by atoms with Gasteiger partial charge in [0.1, 0.15) is 5.82 Å². The second kappa shape index (κ2) is 9.23. The molecule has 2 heterocycles. The van der Waals surface area contributed by atoms with Crippen molar-refractivity contribution in [3.8, 4) is 0 Å². The van der Waals surface area contributed by atoms with Gasteiger partial charge in [-0.25, -0.2) is 4.39 Å². The van der Waals surface area contributed by atoms with Crippen molar-refractivity contribution in [3.05, 3.63) is 34.6 Å². The molecular weight excluding hydrogens is 381 g/mol. The van der Waals surface area contributed by atoms with Crippen LogP contribution in [-0.4, -0.2) is 71.8 Å². The van der Waals surface area contributed by atoms with Gasteiger partial charge in [0.25, 0.3) is 0 Å². The van der Waals surface area contributed by atoms with Crippen LogP contribution < -0.4 is 0 Å². The van der Waals surface area contributed by atoms with E-state index in [1.54, 1.807) is 11.0 Å². The molecule has 0 radical (unpaired) electrons. The average molecular weight is 410 g/mol. The number of likely N-dealkylation sites (tertiary alicyclic amines) is 1. The molecule has 2 amide bonds. The van der Waals surface area contributed by atoms with Crippen LogP contribution in [0.2, 0.25) is 5.02 Å². The fourth-order valence-electron chi connectivity index (χ4n) is 3.94. The first kappa shape index (κ1) is 21.1. The molecule has 1 aromatic rings. The minimum Gasteiger partial charge on any atom is -0.341 e. The molecule has 0 N–H and O–H groups in total. The summed E-state index contributed by atoms with van der Waals surface area (Å²) >= 11 is 6.04. The Morgan fingerprint density at radius 3 is 2.57 bits per heavy atom. The molecule has 1 atom stereocenters. The molecule has 0 aliphatic carbocycles. The highest BCUT2D eigenvalue weighted by Gasteiger charge is 2.37. The number of halogens is 2. The highest BCUT2D eigenvalue weighted by molar-refractivity contribution is 6.31. The van der Waals surface area contributed by atoms with Gasteiger partial charge in [0.15, 0.2) is 0 Å². The third-order valence-electron chi connectivity index (χ3n) is 5.74. The van der Waals surface area contributed by atoms with Gasteiger partial charge in [-0.1, -0.05) is 31.5 Å². The van der Waals surface area contributed by atoms with Gasteiger partial charge in [-0.3, -0.25) is 14.5 Å². The molecule has 7 heteroatoms. The monoisotopic (exact) mass is 409 g/mol. The number of carbonyl (C=O) groups is 2. The summed E-state index contributed by atoms with van der Waals surface area (Å²) in [6.45, 7) is 8.44. The average Bonchev–Trinajstić information content (AvgIpc) is 3.03. The molecule has 0 spiro atoms. The lowest BCUT2D eigenvalue weighted by Crippen LogP contribution is -2.54. The summed E-state index contributed by atoms with van der Waals surface area (Å²) in [4.78, 5) is 31.2. The van der Waals surface area contributed by atoms with E-state index in [1.165, 1.54) is 12.1 Å². The third kappa shape index (κ3) is 4.84. The lowest BCUT2D eigenvalue weighted by Gasteiger charge is -2.37. The first-order chi connectivity index (χ1) is 13.4. The Hall–Kier alpha value is -1.66. The van der Waals surface area contributed by atoms with Crippen LogP contribution in [0.1, 0.15) is 32.3 Å². The van der Waals surface area contributed by atoms with Gasteiger partial charge in [0, 0.05) is 49.9 Å². The molecule has 2 aliphatic rings. The molecule has 0 aromatic heterocycles. The number of piperazine rings is 1. The maximum Gasteiger partial charge on any atom is 0.239 e. The van der Waals surface area contributed by atoms with Crippen LogP contribution in [0.5, 0.6) is 0 Å². The van der Waals surface area contributed by atoms with E-state index >= 15 is 0 Å². The summed E-state index contributed by atoms with van der Waals surface area (Å²) in [5.41, 5.74) is 0.253. The maximum atomic E-state index is 13.9. The second-order valence-electron chi connectivity index (χ2n) is 8.11. The molecule has 2 fully saturated rings. The first-order valence-corrected chi connectivity index (χ1v) is 10.5. The van der Waals surface area contributed by atoms with Crippen molar-refractivity contribution in [1.29, 1.82) is 0 Å². The predicted octanol–water partition coefficient (Wildman–Crippen LogP) is 2.81. The van der Waals surface area contributed by atoms with Crippen molar-refractivity contribution >= 4 is 23.4 Å². The summed E-state index contributed by atoms with van der Waals surface area (Å²) in [7, 11) is 0. The predicted molar refractivity (Wildman–Crippen MR) is 108 cm³/mol. The normalized spacial score (nSPS) is 21.0. The molecular formula is C21H29ClFN3O2. The van der Waals surface area contributed by atoms with Gasteiger partial charge < -0.3 is 9.80 Å². The van der Waals surface area contributed by atoms with Crippen molar-refractivity contribution < 1.29 is 14.0 Å². The SMILES string of the molecule is CC(C)CCN1CCC(N2CCN(C(=O)Cc3c(F)cccc3Cl)CC2)C1=O. The zero-order valence-electron chi connectivity index (χ0n) is 16.7. The Labute approximate surface area is 171 Å². The highest BCUT2D eigenvalue weighted by Crippen LogP contribution is 2.22. The van der Waals surface area contributed by atoms with Crippen molar-refractivity contribution in [2.45, 2.75) is 39.2 Å². The van der Waals surface area contributed by atoms with Crippen LogP contribution in [0.15, 0.2) is 18.2 Å². The molecule has 154 valence electrons. The fraction of sp³-hybridized carbons (Fsp3) is 0.619. The third-order valence-corrected chi connectivity index (χ3v) is 6.10. The number of rotatable bonds is 6. The van der Waals surface area contributed by atoms with Gasteiger partial charge in [-0.05, 0) is 30.9 Å². The molecule has 0 bridgehead atoms. The fourth-order valence-corrected chi connectivity index (χ4v) is 4.17. The van der Waals surface area contributed by atoms with Crippen LogP contribution >= 0.6 is 11.6 Å². The Bertz CT molecular complexity index is 699. The van der Waals surface area contributed by atoms with Crippen LogP contribution in [0.3, 0.4) is 0 Å². The zero-order valence-corrected chi connectivity index (χ0v) is 17.4. The maximum absolute atomic E-state index is 13.9. The van der Waals surface area contributed by atoms with Gasteiger partial charge in [0.2, 0.25) is 11.8 Å². The summed E-state index contributed by atoms with van der Waals surface area (Å²) in [6.07, 6.45) is 1.85. The van der Waals surface area contributed by atoms with Crippen molar-refractivity contribution in [2.24, 2.45) is 5.92 Å². The molecule has 3 rings (SSSR count). The van der Waals surface area contributed by atoms with E-state index in [1.807, 2.05) is 4.90 Å². The Morgan fingerprint density at radius 1 is 1.21 bits per heavy atom. The van der Waals surface area contributed by atoms with Crippen LogP contribution in [0.25, 0.3) is 0 Å². The largest absolute Gasteiger partial charge is 0.341 e. The summed E-state index contributed by atoms with van der Waals surface area (Å²) in [5, 5.41) is 0.282. The first-order valence-electron chi connectivity index (χ1n) is 10.1. The van der Waals surface area contributed by atoms with Gasteiger partial charge in [-0.15, -0.1) is 0 Å². The van der Waals surface area contributed by atoms with E-state index in [2.05, 4.69) is 18.7 Å². The van der Waals surface area contributed by atoms with Crippen molar-refractivity contribution in [3.63, 3.8) is 0 Å². The van der Waals surface area contributed by atoms with E-state index in [0.717, 1.165) is 25.9 Å². The van der Waals surface area contributed by atoms with Crippen molar-refractivity contribution in [2.75, 3.05) is 39.3 Å². The molecule has 5 nitrogen and oxygen atoms in total. The van der Waals surface area contributed by atoms with E-state index in [0.29, 0.717) is 32.1 Å². The van der Waals surface area contributed by atoms with Gasteiger partial charge in [-0.2, -0.15) is 0 Å². The molecule has 2 aliphatic heterocycles. The standard InChI is InChI=1S/C21H29ClFN3O2/c1-15(2)6-8-26-9-7-19(21(26)28)24-10-12-25(13-11-24)20(27)14-16-17(22)4-3-5-18(16)23/h3-5,15,19H,6-14H2,1-2H3. The molecule has 1 unspecified atom stereocenters. The number of hydrogen-bond donors (Lipinski definition) is 0. The molecule has 0 saturated carbocycles. The van der Waals surface area contributed by atoms with E-state index in [-0.39, 0.29) is 34.9 Å². The van der Waals surface area contributed by atoms with E-state index in [9.17, 15) is 14.0 Å². The number of hydrogen-bond acceptors (Lipinski definition) is 3. The highest BCUT2D eigenvalue weighted by atomic mass is 35.5. The number of benzene rings is 1.